The third-order valence-corrected chi connectivity index (χ3v) is 6.50. The minimum atomic E-state index is -0.0820. The van der Waals surface area contributed by atoms with Gasteiger partial charge in [-0.1, -0.05) is 24.3 Å². The molecule has 2 aliphatic rings. The lowest BCUT2D eigenvalue weighted by atomic mass is 10.0. The van der Waals surface area contributed by atoms with Crippen LogP contribution in [0.25, 0.3) is 0 Å². The van der Waals surface area contributed by atoms with E-state index < -0.39 is 0 Å². The average Bonchev–Trinajstić information content (AvgIpc) is 3.35. The third kappa shape index (κ3) is 4.39. The van der Waals surface area contributed by atoms with Gasteiger partial charge in [-0.15, -0.1) is 0 Å². The van der Waals surface area contributed by atoms with Crippen molar-refractivity contribution in [3.8, 4) is 5.75 Å². The van der Waals surface area contributed by atoms with Crippen LogP contribution in [-0.4, -0.2) is 57.4 Å². The lowest BCUT2D eigenvalue weighted by Crippen LogP contribution is -2.36. The van der Waals surface area contributed by atoms with Crippen molar-refractivity contribution < 1.29 is 9.53 Å². The Kier molecular flexibility index (Phi) is 5.92. The Morgan fingerprint density at radius 1 is 1.18 bits per heavy atom. The summed E-state index contributed by atoms with van der Waals surface area (Å²) in [5, 5.41) is 0. The molecular formula is C25H27N5O3. The van der Waals surface area contributed by atoms with E-state index in [2.05, 4.69) is 20.9 Å². The van der Waals surface area contributed by atoms with Gasteiger partial charge in [-0.2, -0.15) is 0 Å². The highest BCUT2D eigenvalue weighted by molar-refractivity contribution is 5.92. The van der Waals surface area contributed by atoms with Crippen LogP contribution in [0.1, 0.15) is 45.5 Å². The first-order valence-electron chi connectivity index (χ1n) is 11.3. The lowest BCUT2D eigenvalue weighted by Gasteiger charge is -2.28. The number of nitrogens with one attached hydrogen (secondary N) is 1. The summed E-state index contributed by atoms with van der Waals surface area (Å²) in [7, 11) is 1.68. The molecule has 8 heteroatoms. The van der Waals surface area contributed by atoms with Crippen LogP contribution in [0.5, 0.6) is 5.75 Å². The number of rotatable bonds is 5. The minimum Gasteiger partial charge on any atom is -0.496 e. The number of likely N-dealkylation sites (tertiary alicyclic amines) is 1. The van der Waals surface area contributed by atoms with Gasteiger partial charge in [-0.05, 0) is 31.0 Å². The summed E-state index contributed by atoms with van der Waals surface area (Å²) < 4.78 is 5.49. The molecule has 170 valence electrons. The van der Waals surface area contributed by atoms with Gasteiger partial charge in [0.2, 0.25) is 0 Å². The highest BCUT2D eigenvalue weighted by Gasteiger charge is 2.31. The van der Waals surface area contributed by atoms with Gasteiger partial charge in [0.1, 0.15) is 17.3 Å². The number of benzene rings is 1. The van der Waals surface area contributed by atoms with Crippen molar-refractivity contribution in [2.45, 2.75) is 31.8 Å². The first-order valence-corrected chi connectivity index (χ1v) is 11.3. The maximum atomic E-state index is 12.8. The fraction of sp³-hybridized carbons (Fsp3) is 0.360. The van der Waals surface area contributed by atoms with Crippen molar-refractivity contribution >= 4 is 5.91 Å². The van der Waals surface area contributed by atoms with E-state index in [9.17, 15) is 9.59 Å². The number of amides is 1. The standard InChI is InChI=1S/C25H27N5O3/c1-33-22-8-3-2-6-17(22)14-29-12-10-19-21(16-29)27-23(28-24(19)31)18-9-13-30(15-18)25(32)20-7-4-5-11-26-20/h2-8,11,18H,9-10,12-16H2,1H3,(H,27,28,31)/t18-/m0/s1. The molecule has 1 atom stereocenters. The van der Waals surface area contributed by atoms with Gasteiger partial charge in [0, 0.05) is 56.0 Å². The first kappa shape index (κ1) is 21.3. The predicted octanol–water partition coefficient (Wildman–Crippen LogP) is 2.36. The number of nitrogens with zero attached hydrogens (tertiary/aromatic N) is 4. The Morgan fingerprint density at radius 3 is 2.85 bits per heavy atom. The average molecular weight is 446 g/mol. The summed E-state index contributed by atoms with van der Waals surface area (Å²) in [5.74, 6) is 1.47. The summed E-state index contributed by atoms with van der Waals surface area (Å²) in [4.78, 5) is 41.7. The molecule has 3 aromatic rings. The minimum absolute atomic E-state index is 0.0141. The predicted molar refractivity (Wildman–Crippen MR) is 123 cm³/mol. The lowest BCUT2D eigenvalue weighted by molar-refractivity contribution is 0.0784. The molecule has 0 spiro atoms. The zero-order chi connectivity index (χ0) is 22.8. The Hall–Kier alpha value is -3.52. The van der Waals surface area contributed by atoms with E-state index >= 15 is 0 Å². The molecule has 1 fully saturated rings. The van der Waals surface area contributed by atoms with Gasteiger partial charge >= 0.3 is 0 Å². The highest BCUT2D eigenvalue weighted by atomic mass is 16.5. The molecule has 33 heavy (non-hydrogen) atoms. The monoisotopic (exact) mass is 445 g/mol. The number of ether oxygens (including phenoxy) is 1. The fourth-order valence-electron chi connectivity index (χ4n) is 4.74. The number of methoxy groups -OCH3 is 1. The molecule has 1 N–H and O–H groups in total. The van der Waals surface area contributed by atoms with Crippen LogP contribution in [0.4, 0.5) is 0 Å². The molecule has 0 saturated carbocycles. The number of aromatic amines is 1. The number of carbonyl (C=O) groups excluding carboxylic acids is 1. The first-order chi connectivity index (χ1) is 16.1. The molecule has 0 bridgehead atoms. The van der Waals surface area contributed by atoms with Crippen molar-refractivity contribution in [1.29, 1.82) is 0 Å². The van der Waals surface area contributed by atoms with E-state index in [1.54, 1.807) is 30.3 Å². The quantitative estimate of drug-likeness (QED) is 0.648. The Labute approximate surface area is 192 Å². The summed E-state index contributed by atoms with van der Waals surface area (Å²) in [5.41, 5.74) is 3.12. The van der Waals surface area contributed by atoms with E-state index in [0.29, 0.717) is 37.6 Å². The van der Waals surface area contributed by atoms with Crippen molar-refractivity contribution in [2.75, 3.05) is 26.7 Å². The molecule has 0 unspecified atom stereocenters. The second kappa shape index (κ2) is 9.15. The van der Waals surface area contributed by atoms with Crippen molar-refractivity contribution in [3.05, 3.63) is 87.4 Å². The SMILES string of the molecule is COc1ccccc1CN1CCc2c(nc([C@H]3CCN(C(=O)c4ccccn4)C3)[nH]c2=O)C1. The van der Waals surface area contributed by atoms with Gasteiger partial charge in [0.15, 0.2) is 0 Å². The molecule has 5 rings (SSSR count). The van der Waals surface area contributed by atoms with E-state index in [1.165, 1.54) is 0 Å². The smallest absolute Gasteiger partial charge is 0.272 e. The largest absolute Gasteiger partial charge is 0.496 e. The van der Waals surface area contributed by atoms with Crippen LogP contribution in [0.3, 0.4) is 0 Å². The van der Waals surface area contributed by atoms with Crippen LogP contribution >= 0.6 is 0 Å². The normalized spacial score (nSPS) is 18.2. The molecular weight excluding hydrogens is 418 g/mol. The van der Waals surface area contributed by atoms with Crippen molar-refractivity contribution in [1.82, 2.24) is 24.8 Å². The Balaban J connectivity index is 1.32. The number of aromatic nitrogens is 3. The van der Waals surface area contributed by atoms with Crippen LogP contribution < -0.4 is 10.3 Å². The summed E-state index contributed by atoms with van der Waals surface area (Å²) in [6, 6.07) is 13.3. The number of hydrogen-bond donors (Lipinski definition) is 1. The van der Waals surface area contributed by atoms with Gasteiger partial charge in [-0.25, -0.2) is 4.98 Å². The third-order valence-electron chi connectivity index (χ3n) is 6.50. The number of pyridine rings is 1. The topological polar surface area (TPSA) is 91.4 Å². The number of hydrogen-bond acceptors (Lipinski definition) is 6. The van der Waals surface area contributed by atoms with Crippen LogP contribution in [0.15, 0.2) is 53.5 Å². The van der Waals surface area contributed by atoms with Crippen molar-refractivity contribution in [3.63, 3.8) is 0 Å². The summed E-state index contributed by atoms with van der Waals surface area (Å²) in [6.07, 6.45) is 3.06. The van der Waals surface area contributed by atoms with Crippen molar-refractivity contribution in [2.24, 2.45) is 0 Å². The molecule has 0 aliphatic carbocycles. The number of fused-ring (bicyclic) bond motifs is 1. The van der Waals surface area contributed by atoms with Gasteiger partial charge < -0.3 is 14.6 Å². The molecule has 8 nitrogen and oxygen atoms in total. The van der Waals surface area contributed by atoms with Gasteiger partial charge in [-0.3, -0.25) is 19.5 Å². The van der Waals surface area contributed by atoms with E-state index in [-0.39, 0.29) is 17.4 Å². The second-order valence-electron chi connectivity index (χ2n) is 8.60. The summed E-state index contributed by atoms with van der Waals surface area (Å²) >= 11 is 0. The molecule has 1 aromatic carbocycles. The zero-order valence-corrected chi connectivity index (χ0v) is 18.7. The molecule has 2 aliphatic heterocycles. The fourth-order valence-corrected chi connectivity index (χ4v) is 4.74. The summed E-state index contributed by atoms with van der Waals surface area (Å²) in [6.45, 7) is 3.31. The highest BCUT2D eigenvalue weighted by Crippen LogP contribution is 2.27. The van der Waals surface area contributed by atoms with Gasteiger partial charge in [0.25, 0.3) is 11.5 Å². The number of para-hydroxylation sites is 1. The molecule has 2 aromatic heterocycles. The maximum absolute atomic E-state index is 12.8. The molecule has 0 radical (unpaired) electrons. The Morgan fingerprint density at radius 2 is 2.03 bits per heavy atom. The number of H-pyrrole nitrogens is 1. The van der Waals surface area contributed by atoms with Crippen LogP contribution in [-0.2, 0) is 19.5 Å². The molecule has 1 saturated heterocycles. The van der Waals surface area contributed by atoms with E-state index in [1.807, 2.05) is 24.3 Å². The van der Waals surface area contributed by atoms with Crippen LogP contribution in [0, 0.1) is 0 Å². The van der Waals surface area contributed by atoms with E-state index in [4.69, 9.17) is 9.72 Å². The number of carbonyl (C=O) groups is 1. The maximum Gasteiger partial charge on any atom is 0.272 e. The second-order valence-corrected chi connectivity index (χ2v) is 8.60. The molecule has 1 amide bonds. The van der Waals surface area contributed by atoms with E-state index in [0.717, 1.165) is 42.1 Å². The Bertz CT molecular complexity index is 1210. The molecule has 4 heterocycles. The zero-order valence-electron chi connectivity index (χ0n) is 18.7. The van der Waals surface area contributed by atoms with Gasteiger partial charge in [0.05, 0.1) is 12.8 Å². The van der Waals surface area contributed by atoms with Crippen LogP contribution in [0.2, 0.25) is 0 Å².